The molecule has 1 aromatic rings. The van der Waals surface area contributed by atoms with Gasteiger partial charge in [-0.05, 0) is 18.1 Å². The molecule has 1 aliphatic heterocycles. The van der Waals surface area contributed by atoms with E-state index in [9.17, 15) is 9.59 Å². The molecule has 2 rings (SSSR count). The van der Waals surface area contributed by atoms with Gasteiger partial charge in [-0.3, -0.25) is 9.59 Å². The summed E-state index contributed by atoms with van der Waals surface area (Å²) in [5.41, 5.74) is 0.584. The van der Waals surface area contributed by atoms with E-state index in [1.54, 1.807) is 24.3 Å². The van der Waals surface area contributed by atoms with Gasteiger partial charge in [-0.25, -0.2) is 0 Å². The van der Waals surface area contributed by atoms with E-state index in [1.165, 1.54) is 0 Å². The van der Waals surface area contributed by atoms with Crippen LogP contribution in [0.2, 0.25) is 0 Å². The molecule has 17 heavy (non-hydrogen) atoms. The van der Waals surface area contributed by atoms with Crippen LogP contribution < -0.4 is 4.74 Å². The number of rotatable bonds is 3. The van der Waals surface area contributed by atoms with Crippen molar-refractivity contribution in [2.24, 2.45) is 5.92 Å². The largest absolute Gasteiger partial charge is 0.481 e. The van der Waals surface area contributed by atoms with Crippen LogP contribution in [0.1, 0.15) is 37.0 Å². The van der Waals surface area contributed by atoms with Crippen LogP contribution in [0.25, 0.3) is 0 Å². The lowest BCUT2D eigenvalue weighted by Gasteiger charge is -2.24. The summed E-state index contributed by atoms with van der Waals surface area (Å²) in [4.78, 5) is 23.7. The van der Waals surface area contributed by atoms with E-state index < -0.39 is 6.10 Å². The van der Waals surface area contributed by atoms with Crippen molar-refractivity contribution < 1.29 is 14.3 Å². The van der Waals surface area contributed by atoms with Gasteiger partial charge in [-0.15, -0.1) is 0 Å². The smallest absolute Gasteiger partial charge is 0.174 e. The second-order valence-corrected chi connectivity index (χ2v) is 4.79. The van der Waals surface area contributed by atoms with E-state index in [4.69, 9.17) is 4.74 Å². The van der Waals surface area contributed by atoms with Crippen LogP contribution in [0.3, 0.4) is 0 Å². The SMILES string of the molecule is CC(C)CC(=O)C1CC(=O)c2ccccc2O1. The fourth-order valence-electron chi connectivity index (χ4n) is 1.99. The highest BCUT2D eigenvalue weighted by Crippen LogP contribution is 2.28. The number of carbonyl (C=O) groups excluding carboxylic acids is 2. The van der Waals surface area contributed by atoms with Gasteiger partial charge in [0.2, 0.25) is 0 Å². The Kier molecular flexibility index (Phi) is 3.27. The normalized spacial score (nSPS) is 18.8. The quantitative estimate of drug-likeness (QED) is 0.804. The standard InChI is InChI=1S/C14H16O3/c1-9(2)7-12(16)14-8-11(15)10-5-3-4-6-13(10)17-14/h3-6,9,14H,7-8H2,1-2H3. The third-order valence-corrected chi connectivity index (χ3v) is 2.80. The van der Waals surface area contributed by atoms with E-state index in [0.29, 0.717) is 23.7 Å². The number of para-hydroxylation sites is 1. The first-order chi connectivity index (χ1) is 8.08. The van der Waals surface area contributed by atoms with Crippen molar-refractivity contribution in [1.82, 2.24) is 0 Å². The zero-order valence-corrected chi connectivity index (χ0v) is 10.1. The number of fused-ring (bicyclic) bond motifs is 1. The number of Topliss-reactive ketones (excluding diaryl/α,β-unsaturated/α-hetero) is 2. The van der Waals surface area contributed by atoms with Crippen molar-refractivity contribution in [3.8, 4) is 5.75 Å². The molecule has 0 saturated carbocycles. The lowest BCUT2D eigenvalue weighted by atomic mass is 9.95. The van der Waals surface area contributed by atoms with Gasteiger partial charge in [0.15, 0.2) is 17.7 Å². The molecular weight excluding hydrogens is 216 g/mol. The predicted octanol–water partition coefficient (Wildman–Crippen LogP) is 2.64. The third-order valence-electron chi connectivity index (χ3n) is 2.80. The number of ketones is 2. The van der Waals surface area contributed by atoms with E-state index in [1.807, 2.05) is 13.8 Å². The molecule has 90 valence electrons. The van der Waals surface area contributed by atoms with Gasteiger partial charge >= 0.3 is 0 Å². The molecule has 0 saturated heterocycles. The van der Waals surface area contributed by atoms with Gasteiger partial charge in [0.1, 0.15) is 5.75 Å². The number of hydrogen-bond donors (Lipinski definition) is 0. The molecule has 0 aliphatic carbocycles. The Balaban J connectivity index is 2.17. The summed E-state index contributed by atoms with van der Waals surface area (Å²) in [6.07, 6.45) is 0.0303. The van der Waals surface area contributed by atoms with Gasteiger partial charge in [-0.2, -0.15) is 0 Å². The Morgan fingerprint density at radius 2 is 2.12 bits per heavy atom. The Labute approximate surface area is 101 Å². The molecule has 0 N–H and O–H groups in total. The maximum Gasteiger partial charge on any atom is 0.174 e. The molecule has 0 radical (unpaired) electrons. The molecule has 1 unspecified atom stereocenters. The minimum atomic E-state index is -0.597. The van der Waals surface area contributed by atoms with Crippen molar-refractivity contribution in [2.45, 2.75) is 32.8 Å². The first-order valence-electron chi connectivity index (χ1n) is 5.89. The summed E-state index contributed by atoms with van der Waals surface area (Å²) in [7, 11) is 0. The molecule has 1 atom stereocenters. The second-order valence-electron chi connectivity index (χ2n) is 4.79. The predicted molar refractivity (Wildman–Crippen MR) is 64.3 cm³/mol. The van der Waals surface area contributed by atoms with Gasteiger partial charge < -0.3 is 4.74 Å². The Hall–Kier alpha value is -1.64. The number of hydrogen-bond acceptors (Lipinski definition) is 3. The first kappa shape index (κ1) is 11.8. The van der Waals surface area contributed by atoms with Crippen molar-refractivity contribution in [1.29, 1.82) is 0 Å². The second kappa shape index (κ2) is 4.70. The first-order valence-corrected chi connectivity index (χ1v) is 5.89. The van der Waals surface area contributed by atoms with Gasteiger partial charge in [0.05, 0.1) is 12.0 Å². The fourth-order valence-corrected chi connectivity index (χ4v) is 1.99. The summed E-state index contributed by atoms with van der Waals surface area (Å²) < 4.78 is 5.59. The summed E-state index contributed by atoms with van der Waals surface area (Å²) >= 11 is 0. The minimum Gasteiger partial charge on any atom is -0.481 e. The van der Waals surface area contributed by atoms with Gasteiger partial charge in [0.25, 0.3) is 0 Å². The zero-order chi connectivity index (χ0) is 12.4. The molecule has 0 fully saturated rings. The molecule has 3 nitrogen and oxygen atoms in total. The Morgan fingerprint density at radius 1 is 1.41 bits per heavy atom. The monoisotopic (exact) mass is 232 g/mol. The number of benzene rings is 1. The lowest BCUT2D eigenvalue weighted by Crippen LogP contribution is -2.34. The van der Waals surface area contributed by atoms with Crippen molar-refractivity contribution in [3.05, 3.63) is 29.8 Å². The molecule has 0 aromatic heterocycles. The highest BCUT2D eigenvalue weighted by atomic mass is 16.5. The molecule has 1 aliphatic rings. The van der Waals surface area contributed by atoms with Gasteiger partial charge in [-0.1, -0.05) is 26.0 Å². The third kappa shape index (κ3) is 2.54. The van der Waals surface area contributed by atoms with Crippen molar-refractivity contribution >= 4 is 11.6 Å². The van der Waals surface area contributed by atoms with Crippen LogP contribution in [0.4, 0.5) is 0 Å². The van der Waals surface area contributed by atoms with Crippen molar-refractivity contribution in [3.63, 3.8) is 0 Å². The fraction of sp³-hybridized carbons (Fsp3) is 0.429. The van der Waals surface area contributed by atoms with Crippen LogP contribution >= 0.6 is 0 Å². The highest BCUT2D eigenvalue weighted by molar-refractivity contribution is 6.03. The molecule has 1 aromatic carbocycles. The zero-order valence-electron chi connectivity index (χ0n) is 10.1. The van der Waals surface area contributed by atoms with Gasteiger partial charge in [0, 0.05) is 6.42 Å². The summed E-state index contributed by atoms with van der Waals surface area (Å²) in [6, 6.07) is 7.08. The molecule has 0 spiro atoms. The molecule has 0 amide bonds. The van der Waals surface area contributed by atoms with E-state index in [0.717, 1.165) is 0 Å². The molecule has 0 bridgehead atoms. The highest BCUT2D eigenvalue weighted by Gasteiger charge is 2.30. The molecule has 3 heteroatoms. The van der Waals surface area contributed by atoms with E-state index in [2.05, 4.69) is 0 Å². The average molecular weight is 232 g/mol. The van der Waals surface area contributed by atoms with Crippen LogP contribution in [-0.4, -0.2) is 17.7 Å². The summed E-state index contributed by atoms with van der Waals surface area (Å²) in [6.45, 7) is 3.97. The molecular formula is C14H16O3. The van der Waals surface area contributed by atoms with Crippen LogP contribution in [0.15, 0.2) is 24.3 Å². The maximum absolute atomic E-state index is 11.9. The average Bonchev–Trinajstić information content (AvgIpc) is 2.28. The Bertz CT molecular complexity index is 449. The summed E-state index contributed by atoms with van der Waals surface area (Å²) in [5.74, 6) is 0.834. The minimum absolute atomic E-state index is 0.00560. The Morgan fingerprint density at radius 3 is 2.82 bits per heavy atom. The number of carbonyl (C=O) groups is 2. The van der Waals surface area contributed by atoms with Crippen LogP contribution in [0.5, 0.6) is 5.75 Å². The summed E-state index contributed by atoms with van der Waals surface area (Å²) in [5, 5.41) is 0. The topological polar surface area (TPSA) is 43.4 Å². The van der Waals surface area contributed by atoms with Crippen LogP contribution in [0, 0.1) is 5.92 Å². The maximum atomic E-state index is 11.9. The van der Waals surface area contributed by atoms with E-state index in [-0.39, 0.29) is 18.0 Å². The van der Waals surface area contributed by atoms with Crippen molar-refractivity contribution in [2.75, 3.05) is 0 Å². The van der Waals surface area contributed by atoms with E-state index >= 15 is 0 Å². The number of ether oxygens (including phenoxy) is 1. The molecule has 1 heterocycles. The lowest BCUT2D eigenvalue weighted by molar-refractivity contribution is -0.126. The van der Waals surface area contributed by atoms with Crippen LogP contribution in [-0.2, 0) is 4.79 Å².